The maximum absolute atomic E-state index is 11.4. The topological polar surface area (TPSA) is 63.7 Å². The van der Waals surface area contributed by atoms with Crippen LogP contribution in [-0.4, -0.2) is 22.8 Å². The number of allylic oxidation sites excluding steroid dienone is 7. The molecule has 1 saturated heterocycles. The van der Waals surface area contributed by atoms with Gasteiger partial charge in [0.05, 0.1) is 0 Å². The summed E-state index contributed by atoms with van der Waals surface area (Å²) in [5.74, 6) is -1.64. The van der Waals surface area contributed by atoms with Crippen molar-refractivity contribution in [1.29, 1.82) is 0 Å². The van der Waals surface area contributed by atoms with Gasteiger partial charge in [0.15, 0.2) is 0 Å². The van der Waals surface area contributed by atoms with Crippen molar-refractivity contribution in [1.82, 2.24) is 5.06 Å². The fraction of sp³-hybridized carbons (Fsp3) is 0.133. The van der Waals surface area contributed by atoms with Gasteiger partial charge >= 0.3 is 5.97 Å². The molecule has 1 aliphatic heterocycles. The number of carbonyl (C=O) groups is 3. The van der Waals surface area contributed by atoms with E-state index in [1.54, 1.807) is 24.6 Å². The van der Waals surface area contributed by atoms with Crippen LogP contribution in [0.4, 0.5) is 0 Å². The van der Waals surface area contributed by atoms with E-state index in [-0.39, 0.29) is 29.9 Å². The minimum absolute atomic E-state index is 0. The van der Waals surface area contributed by atoms with Crippen molar-refractivity contribution >= 4 is 17.8 Å². The van der Waals surface area contributed by atoms with Crippen molar-refractivity contribution in [2.24, 2.45) is 0 Å². The van der Waals surface area contributed by atoms with E-state index in [1.807, 2.05) is 30.7 Å². The van der Waals surface area contributed by atoms with Gasteiger partial charge < -0.3 is 4.84 Å². The van der Waals surface area contributed by atoms with Crippen molar-refractivity contribution in [3.63, 3.8) is 0 Å². The van der Waals surface area contributed by atoms with E-state index < -0.39 is 17.8 Å². The normalized spacial score (nSPS) is 18.3. The second-order valence-electron chi connectivity index (χ2n) is 4.10. The molecule has 2 aliphatic carbocycles. The maximum atomic E-state index is 11.4. The Kier molecular flexibility index (Phi) is 6.85. The van der Waals surface area contributed by atoms with Gasteiger partial charge in [0, 0.05) is 48.3 Å². The fourth-order valence-corrected chi connectivity index (χ4v) is 1.62. The molecule has 2 amide bonds. The Bertz CT molecular complexity index is 520. The Morgan fingerprint density at radius 3 is 2.00 bits per heavy atom. The third kappa shape index (κ3) is 4.84. The molecule has 21 heavy (non-hydrogen) atoms. The smallest absolute Gasteiger partial charge is 0.325 e. The molecule has 6 heteroatoms. The summed E-state index contributed by atoms with van der Waals surface area (Å²) in [7, 11) is 0. The second-order valence-corrected chi connectivity index (χ2v) is 4.10. The summed E-state index contributed by atoms with van der Waals surface area (Å²) in [6, 6.07) is 0. The monoisotopic (exact) mass is 327 g/mol. The summed E-state index contributed by atoms with van der Waals surface area (Å²) in [4.78, 5) is 38.3. The minimum Gasteiger partial charge on any atom is -0.325 e. The van der Waals surface area contributed by atoms with Crippen LogP contribution < -0.4 is 0 Å². The van der Waals surface area contributed by atoms with Crippen molar-refractivity contribution in [2.75, 3.05) is 0 Å². The summed E-state index contributed by atoms with van der Waals surface area (Å²) in [5.41, 5.74) is 0.322. The Morgan fingerprint density at radius 1 is 0.952 bits per heavy atom. The van der Waals surface area contributed by atoms with Gasteiger partial charge in [-0.15, -0.1) is 5.06 Å². The van der Waals surface area contributed by atoms with Crippen LogP contribution >= 0.6 is 0 Å². The van der Waals surface area contributed by atoms with Crippen molar-refractivity contribution in [3.05, 3.63) is 60.9 Å². The predicted molar refractivity (Wildman–Crippen MR) is 71.3 cm³/mol. The fourth-order valence-electron chi connectivity index (χ4n) is 1.62. The summed E-state index contributed by atoms with van der Waals surface area (Å²) < 4.78 is 0. The summed E-state index contributed by atoms with van der Waals surface area (Å²) in [6.45, 7) is 0. The van der Waals surface area contributed by atoms with Gasteiger partial charge in [-0.2, -0.15) is 0 Å². The molecule has 0 aromatic heterocycles. The molecule has 3 aliphatic rings. The van der Waals surface area contributed by atoms with E-state index in [4.69, 9.17) is 0 Å². The number of hydroxylamine groups is 2. The van der Waals surface area contributed by atoms with E-state index in [9.17, 15) is 14.4 Å². The zero-order chi connectivity index (χ0) is 14.4. The van der Waals surface area contributed by atoms with Crippen LogP contribution in [-0.2, 0) is 36.3 Å². The van der Waals surface area contributed by atoms with E-state index in [0.29, 0.717) is 10.6 Å². The van der Waals surface area contributed by atoms with Crippen molar-refractivity contribution in [3.8, 4) is 0 Å². The molecule has 0 saturated carbocycles. The van der Waals surface area contributed by atoms with Crippen LogP contribution in [0.15, 0.2) is 48.1 Å². The van der Waals surface area contributed by atoms with Crippen LogP contribution in [0.2, 0.25) is 0 Å². The quantitative estimate of drug-likeness (QED) is 0.571. The standard InChI is InChI=1S/C10H8NO4.C5H5.Fe/c12-8-5-6-9(13)11(8)15-10(14)7-3-1-2-4-7;1-2-4-5-3-1;/h1-4H,5-6H2;1-5H;. The molecule has 0 N–H and O–H groups in total. The Balaban J connectivity index is 0.000000313. The summed E-state index contributed by atoms with van der Waals surface area (Å²) in [6.07, 6.45) is 16.6. The van der Waals surface area contributed by atoms with Crippen LogP contribution in [0.5, 0.6) is 0 Å². The molecule has 1 fully saturated rings. The first-order chi connectivity index (χ1) is 9.68. The Labute approximate surface area is 133 Å². The second kappa shape index (κ2) is 8.39. The van der Waals surface area contributed by atoms with Crippen LogP contribution in [0.1, 0.15) is 12.8 Å². The molecule has 110 valence electrons. The van der Waals surface area contributed by atoms with Crippen LogP contribution in [0, 0.1) is 12.8 Å². The molecule has 0 aromatic rings. The molecule has 0 aromatic carbocycles. The Hall–Kier alpha value is -1.91. The first-order valence-corrected chi connectivity index (χ1v) is 6.15. The average Bonchev–Trinajstić information content (AvgIpc) is 3.18. The van der Waals surface area contributed by atoms with Gasteiger partial charge in [0.2, 0.25) is 0 Å². The van der Waals surface area contributed by atoms with E-state index in [1.165, 1.54) is 0 Å². The van der Waals surface area contributed by atoms with E-state index in [2.05, 4.69) is 4.84 Å². The Morgan fingerprint density at radius 2 is 1.57 bits per heavy atom. The van der Waals surface area contributed by atoms with Crippen molar-refractivity contribution < 1.29 is 36.3 Å². The van der Waals surface area contributed by atoms with E-state index >= 15 is 0 Å². The van der Waals surface area contributed by atoms with Crippen LogP contribution in [0.3, 0.4) is 0 Å². The zero-order valence-electron chi connectivity index (χ0n) is 11.0. The third-order valence-electron chi connectivity index (χ3n) is 2.63. The molecule has 0 bridgehead atoms. The molecule has 5 nitrogen and oxygen atoms in total. The summed E-state index contributed by atoms with van der Waals surface area (Å²) in [5, 5.41) is 0.537. The first kappa shape index (κ1) is 17.1. The van der Waals surface area contributed by atoms with Gasteiger partial charge in [-0.1, -0.05) is 42.5 Å². The van der Waals surface area contributed by atoms with Crippen molar-refractivity contribution in [2.45, 2.75) is 12.8 Å². The molecule has 3 rings (SSSR count). The molecule has 1 heterocycles. The average molecular weight is 327 g/mol. The number of hydrogen-bond acceptors (Lipinski definition) is 4. The number of rotatable bonds is 2. The van der Waals surface area contributed by atoms with Crippen LogP contribution in [0.25, 0.3) is 0 Å². The minimum atomic E-state index is -0.691. The number of hydrogen-bond donors (Lipinski definition) is 0. The van der Waals surface area contributed by atoms with Gasteiger partial charge in [-0.3, -0.25) is 9.59 Å². The van der Waals surface area contributed by atoms with Gasteiger partial charge in [0.25, 0.3) is 11.8 Å². The number of nitrogens with zero attached hydrogens (tertiary/aromatic N) is 1. The molecule has 0 spiro atoms. The van der Waals surface area contributed by atoms with Gasteiger partial charge in [0.1, 0.15) is 0 Å². The number of carbonyl (C=O) groups excluding carboxylic acids is 3. The molecular weight excluding hydrogens is 314 g/mol. The van der Waals surface area contributed by atoms with Gasteiger partial charge in [-0.25, -0.2) is 4.79 Å². The maximum Gasteiger partial charge on any atom is 0.360 e. The number of amides is 2. The first-order valence-electron chi connectivity index (χ1n) is 6.15. The van der Waals surface area contributed by atoms with Gasteiger partial charge in [-0.05, 0) is 0 Å². The predicted octanol–water partition coefficient (Wildman–Crippen LogP) is 1.61. The molecular formula is C15H13FeNO4. The number of imide groups is 1. The molecule has 0 atom stereocenters. The zero-order valence-corrected chi connectivity index (χ0v) is 12.1. The third-order valence-corrected chi connectivity index (χ3v) is 2.63. The molecule has 0 unspecified atom stereocenters. The summed E-state index contributed by atoms with van der Waals surface area (Å²) >= 11 is 0. The SMILES string of the molecule is O=C(ON1C(=O)CCC1=O)C1=CC=C[CH]1.[CH]1C=CC=C1.[Fe]. The molecule has 2 radical (unpaired) electrons. The van der Waals surface area contributed by atoms with E-state index in [0.717, 1.165) is 0 Å². The largest absolute Gasteiger partial charge is 0.360 e.